The van der Waals surface area contributed by atoms with Gasteiger partial charge in [0, 0.05) is 11.8 Å². The summed E-state index contributed by atoms with van der Waals surface area (Å²) in [6.45, 7) is 3.32. The molecular formula is C14H11N5O. The number of nitrogens with one attached hydrogen (secondary N) is 1. The number of allylic oxidation sites excluding steroid dienone is 1. The third-order valence-electron chi connectivity index (χ3n) is 4.39. The second-order valence-electron chi connectivity index (χ2n) is 5.23. The number of nitrogens with zero attached hydrogens (tertiary/aromatic N) is 4. The van der Waals surface area contributed by atoms with Gasteiger partial charge < -0.3 is 5.32 Å². The Balaban J connectivity index is 2.92. The molecule has 1 amide bonds. The Labute approximate surface area is 116 Å². The number of rotatable bonds is 0. The summed E-state index contributed by atoms with van der Waals surface area (Å²) in [5.41, 5.74) is -3.08. The minimum absolute atomic E-state index is 0.352. The number of fused-ring (bicyclic) bond motifs is 3. The smallest absolute Gasteiger partial charge is 0.224 e. The van der Waals surface area contributed by atoms with Gasteiger partial charge in [-0.1, -0.05) is 18.6 Å². The zero-order valence-corrected chi connectivity index (χ0v) is 11.0. The zero-order chi connectivity index (χ0) is 15.1. The first-order valence-corrected chi connectivity index (χ1v) is 6.07. The number of hydrogen-bond donors (Lipinski definition) is 1. The molecule has 3 aliphatic rings. The van der Waals surface area contributed by atoms with Crippen molar-refractivity contribution < 1.29 is 4.79 Å². The van der Waals surface area contributed by atoms with Crippen LogP contribution in [0.3, 0.4) is 0 Å². The number of carbonyl (C=O) groups excluding carboxylic acids is 1. The zero-order valence-electron chi connectivity index (χ0n) is 11.0. The first-order valence-electron chi connectivity index (χ1n) is 6.07. The van der Waals surface area contributed by atoms with Gasteiger partial charge in [-0.15, -0.1) is 0 Å². The first-order chi connectivity index (χ1) is 9.44. The van der Waals surface area contributed by atoms with Crippen molar-refractivity contribution in [3.8, 4) is 24.3 Å². The largest absolute Gasteiger partial charge is 0.347 e. The normalized spacial score (nSPS) is 32.4. The Hall–Kier alpha value is -2.83. The van der Waals surface area contributed by atoms with E-state index in [0.29, 0.717) is 5.57 Å². The SMILES string of the molecule is CC1=CC2NC(=O)C(C)C1C(C#N)(C#N)C2(C#N)C#N. The van der Waals surface area contributed by atoms with E-state index in [1.165, 1.54) is 0 Å². The van der Waals surface area contributed by atoms with Crippen molar-refractivity contribution in [2.45, 2.75) is 19.9 Å². The van der Waals surface area contributed by atoms with Crippen molar-refractivity contribution >= 4 is 5.91 Å². The number of hydrogen-bond acceptors (Lipinski definition) is 5. The summed E-state index contributed by atoms with van der Waals surface area (Å²) in [5, 5.41) is 40.7. The Bertz CT molecular complexity index is 650. The van der Waals surface area contributed by atoms with Crippen LogP contribution in [0.1, 0.15) is 13.8 Å². The lowest BCUT2D eigenvalue weighted by atomic mass is 9.51. The van der Waals surface area contributed by atoms with Gasteiger partial charge in [-0.05, 0) is 6.92 Å². The van der Waals surface area contributed by atoms with E-state index >= 15 is 0 Å². The van der Waals surface area contributed by atoms with E-state index < -0.39 is 28.7 Å². The van der Waals surface area contributed by atoms with Gasteiger partial charge in [0.1, 0.15) is 0 Å². The van der Waals surface area contributed by atoms with Crippen LogP contribution >= 0.6 is 0 Å². The van der Waals surface area contributed by atoms with Crippen LogP contribution in [0.25, 0.3) is 0 Å². The summed E-state index contributed by atoms with van der Waals surface area (Å²) < 4.78 is 0. The summed E-state index contributed by atoms with van der Waals surface area (Å²) in [6, 6.07) is 6.45. The van der Waals surface area contributed by atoms with Crippen LogP contribution in [0.4, 0.5) is 0 Å². The molecule has 1 saturated heterocycles. The molecule has 6 heteroatoms. The van der Waals surface area contributed by atoms with Crippen LogP contribution < -0.4 is 5.32 Å². The second-order valence-corrected chi connectivity index (χ2v) is 5.23. The fourth-order valence-electron chi connectivity index (χ4n) is 3.36. The van der Waals surface area contributed by atoms with Crippen LogP contribution in [0.5, 0.6) is 0 Å². The van der Waals surface area contributed by atoms with E-state index in [2.05, 4.69) is 5.32 Å². The molecule has 0 aromatic rings. The molecule has 1 fully saturated rings. The molecule has 98 valence electrons. The second kappa shape index (κ2) is 4.09. The molecule has 1 N–H and O–H groups in total. The lowest BCUT2D eigenvalue weighted by Gasteiger charge is -2.43. The summed E-state index contributed by atoms with van der Waals surface area (Å²) in [5.74, 6) is -1.77. The predicted octanol–water partition coefficient (Wildman–Crippen LogP) is 0.764. The molecule has 2 heterocycles. The van der Waals surface area contributed by atoms with Crippen molar-refractivity contribution in [3.63, 3.8) is 0 Å². The molecule has 0 spiro atoms. The van der Waals surface area contributed by atoms with E-state index in [0.717, 1.165) is 0 Å². The van der Waals surface area contributed by atoms with Gasteiger partial charge in [0.2, 0.25) is 5.91 Å². The summed E-state index contributed by atoms with van der Waals surface area (Å²) >= 11 is 0. The van der Waals surface area contributed by atoms with Crippen LogP contribution in [-0.4, -0.2) is 11.9 Å². The fourth-order valence-corrected chi connectivity index (χ4v) is 3.36. The molecule has 0 radical (unpaired) electrons. The van der Waals surface area contributed by atoms with E-state index in [-0.39, 0.29) is 5.91 Å². The first kappa shape index (κ1) is 13.6. The molecule has 0 saturated carbocycles. The predicted molar refractivity (Wildman–Crippen MR) is 65.7 cm³/mol. The van der Waals surface area contributed by atoms with Crippen LogP contribution in [0.15, 0.2) is 11.6 Å². The van der Waals surface area contributed by atoms with Gasteiger partial charge in [-0.2, -0.15) is 21.0 Å². The number of carbonyl (C=O) groups is 1. The highest BCUT2D eigenvalue weighted by molar-refractivity contribution is 5.82. The van der Waals surface area contributed by atoms with E-state index in [1.54, 1.807) is 19.9 Å². The maximum atomic E-state index is 12.1. The molecule has 1 aliphatic carbocycles. The molecule has 3 atom stereocenters. The standard InChI is InChI=1S/C14H11N5O/c1-8-3-10-13(4-15,5-16)14(6-17,7-18)11(8)9(2)12(20)19-10/h3,9-11H,1-2H3,(H,19,20). The Morgan fingerprint density at radius 2 is 1.60 bits per heavy atom. The Morgan fingerprint density at radius 1 is 1.10 bits per heavy atom. The highest BCUT2D eigenvalue weighted by Gasteiger charge is 2.68. The lowest BCUT2D eigenvalue weighted by molar-refractivity contribution is -0.125. The summed E-state index contributed by atoms with van der Waals surface area (Å²) in [6.07, 6.45) is 1.62. The Kier molecular flexibility index (Phi) is 2.78. The molecule has 6 nitrogen and oxygen atoms in total. The minimum Gasteiger partial charge on any atom is -0.347 e. The number of nitriles is 4. The third-order valence-corrected chi connectivity index (χ3v) is 4.39. The molecule has 2 bridgehead atoms. The monoisotopic (exact) mass is 265 g/mol. The van der Waals surface area contributed by atoms with Crippen molar-refractivity contribution in [2.75, 3.05) is 0 Å². The molecule has 20 heavy (non-hydrogen) atoms. The molecule has 0 aromatic heterocycles. The van der Waals surface area contributed by atoms with E-state index in [4.69, 9.17) is 0 Å². The van der Waals surface area contributed by atoms with E-state index in [1.807, 2.05) is 24.3 Å². The maximum Gasteiger partial charge on any atom is 0.224 e. The molecule has 3 rings (SSSR count). The lowest BCUT2D eigenvalue weighted by Crippen LogP contribution is -2.55. The van der Waals surface area contributed by atoms with Gasteiger partial charge in [0.05, 0.1) is 30.3 Å². The average Bonchev–Trinajstić information content (AvgIpc) is 2.60. The summed E-state index contributed by atoms with van der Waals surface area (Å²) in [4.78, 5) is 12.1. The van der Waals surface area contributed by atoms with Gasteiger partial charge in [-0.3, -0.25) is 4.79 Å². The number of amides is 1. The molecule has 2 aliphatic heterocycles. The van der Waals surface area contributed by atoms with Gasteiger partial charge in [-0.25, -0.2) is 0 Å². The van der Waals surface area contributed by atoms with Crippen molar-refractivity contribution in [1.29, 1.82) is 21.0 Å². The highest BCUT2D eigenvalue weighted by Crippen LogP contribution is 2.56. The topological polar surface area (TPSA) is 124 Å². The highest BCUT2D eigenvalue weighted by atomic mass is 16.2. The molecule has 3 unspecified atom stereocenters. The fraction of sp³-hybridized carbons (Fsp3) is 0.500. The van der Waals surface area contributed by atoms with Crippen molar-refractivity contribution in [3.05, 3.63) is 11.6 Å². The van der Waals surface area contributed by atoms with Crippen LogP contribution in [0, 0.1) is 68.0 Å². The summed E-state index contributed by atoms with van der Waals surface area (Å²) in [7, 11) is 0. The van der Waals surface area contributed by atoms with E-state index in [9.17, 15) is 25.8 Å². The van der Waals surface area contributed by atoms with Crippen LogP contribution in [0.2, 0.25) is 0 Å². The quantitative estimate of drug-likeness (QED) is 0.647. The maximum absolute atomic E-state index is 12.1. The van der Waals surface area contributed by atoms with Gasteiger partial charge >= 0.3 is 0 Å². The van der Waals surface area contributed by atoms with Crippen LogP contribution in [-0.2, 0) is 4.79 Å². The van der Waals surface area contributed by atoms with Gasteiger partial charge in [0.25, 0.3) is 0 Å². The average molecular weight is 265 g/mol. The molecule has 0 aromatic carbocycles. The molecular weight excluding hydrogens is 254 g/mol. The van der Waals surface area contributed by atoms with Crippen molar-refractivity contribution in [1.82, 2.24) is 5.32 Å². The minimum atomic E-state index is -1.90. The van der Waals surface area contributed by atoms with Crippen molar-refractivity contribution in [2.24, 2.45) is 22.7 Å². The third kappa shape index (κ3) is 1.21. The van der Waals surface area contributed by atoms with Gasteiger partial charge in [0.15, 0.2) is 10.8 Å². The Morgan fingerprint density at radius 3 is 2.05 bits per heavy atom.